The molecule has 0 amide bonds. The molecular weight excluding hydrogens is 247 g/mol. The Morgan fingerprint density at radius 3 is 2.68 bits per heavy atom. The van der Waals surface area contributed by atoms with Gasteiger partial charge in [-0.15, -0.1) is 0 Å². The first-order chi connectivity index (χ1) is 9.04. The third-order valence-corrected chi connectivity index (χ3v) is 3.05. The van der Waals surface area contributed by atoms with Crippen molar-refractivity contribution in [1.29, 1.82) is 0 Å². The summed E-state index contributed by atoms with van der Waals surface area (Å²) in [4.78, 5) is 9.79. The van der Waals surface area contributed by atoms with Gasteiger partial charge in [0, 0.05) is 23.9 Å². The van der Waals surface area contributed by atoms with Crippen molar-refractivity contribution in [3.05, 3.63) is 34.1 Å². The highest BCUT2D eigenvalue weighted by molar-refractivity contribution is 5.50. The molecule has 1 N–H and O–H groups in total. The molecule has 1 aromatic rings. The molecule has 0 aliphatic carbocycles. The van der Waals surface area contributed by atoms with Crippen LogP contribution in [0.15, 0.2) is 18.2 Å². The fourth-order valence-electron chi connectivity index (χ4n) is 1.98. The lowest BCUT2D eigenvalue weighted by Crippen LogP contribution is -2.15. The monoisotopic (exact) mass is 268 g/mol. The molecule has 0 aliphatic rings. The van der Waals surface area contributed by atoms with Crippen molar-refractivity contribution >= 4 is 11.4 Å². The maximum Gasteiger partial charge on any atom is 0.304 e. The number of anilines is 1. The normalized spacial score (nSPS) is 12.2. The maximum atomic E-state index is 13.4. The summed E-state index contributed by atoms with van der Waals surface area (Å²) < 4.78 is 13.4. The van der Waals surface area contributed by atoms with Crippen LogP contribution in [0, 0.1) is 15.9 Å². The minimum absolute atomic E-state index is 0.234. The summed E-state index contributed by atoms with van der Waals surface area (Å²) in [5, 5.41) is 13.7. The van der Waals surface area contributed by atoms with E-state index >= 15 is 0 Å². The minimum Gasteiger partial charge on any atom is -0.383 e. The molecule has 0 heterocycles. The third kappa shape index (κ3) is 5.24. The maximum absolute atomic E-state index is 13.4. The van der Waals surface area contributed by atoms with E-state index in [0.29, 0.717) is 5.69 Å². The minimum atomic E-state index is -0.798. The number of hydrogen-bond acceptors (Lipinski definition) is 3. The molecule has 0 bridgehead atoms. The fraction of sp³-hybridized carbons (Fsp3) is 0.571. The van der Waals surface area contributed by atoms with Gasteiger partial charge in [0.15, 0.2) is 0 Å². The van der Waals surface area contributed by atoms with Crippen LogP contribution >= 0.6 is 0 Å². The molecule has 1 unspecified atom stereocenters. The van der Waals surface area contributed by atoms with Gasteiger partial charge in [-0.1, -0.05) is 32.6 Å². The summed E-state index contributed by atoms with van der Waals surface area (Å²) in [6.45, 7) is 4.20. The molecule has 0 aromatic heterocycles. The van der Waals surface area contributed by atoms with Crippen molar-refractivity contribution < 1.29 is 9.31 Å². The smallest absolute Gasteiger partial charge is 0.304 e. The van der Waals surface area contributed by atoms with Crippen molar-refractivity contribution in [2.45, 2.75) is 52.0 Å². The van der Waals surface area contributed by atoms with E-state index in [1.807, 2.05) is 6.92 Å². The highest BCUT2D eigenvalue weighted by Gasteiger charge is 2.14. The summed E-state index contributed by atoms with van der Waals surface area (Å²) in [5.41, 5.74) is 0.104. The molecule has 1 rings (SSSR count). The molecular formula is C14H21FN2O2. The van der Waals surface area contributed by atoms with Crippen LogP contribution in [-0.4, -0.2) is 11.0 Å². The summed E-state index contributed by atoms with van der Waals surface area (Å²) in [6, 6.07) is 4.16. The standard InChI is InChI=1S/C14H21FN2O2/c1-3-4-5-6-7-11(2)16-12-8-9-14(17(18)19)13(15)10-12/h8-11,16H,3-7H2,1-2H3. The zero-order valence-electron chi connectivity index (χ0n) is 11.5. The van der Waals surface area contributed by atoms with Crippen LogP contribution in [-0.2, 0) is 0 Å². The second kappa shape index (κ2) is 7.71. The number of halogens is 1. The second-order valence-corrected chi connectivity index (χ2v) is 4.82. The molecule has 0 spiro atoms. The summed E-state index contributed by atoms with van der Waals surface area (Å²) in [5.74, 6) is -0.798. The lowest BCUT2D eigenvalue weighted by atomic mass is 10.1. The lowest BCUT2D eigenvalue weighted by Gasteiger charge is -2.15. The van der Waals surface area contributed by atoms with E-state index in [2.05, 4.69) is 12.2 Å². The summed E-state index contributed by atoms with van der Waals surface area (Å²) in [6.07, 6.45) is 5.79. The predicted molar refractivity (Wildman–Crippen MR) is 74.9 cm³/mol. The van der Waals surface area contributed by atoms with Gasteiger partial charge in [-0.25, -0.2) is 0 Å². The van der Waals surface area contributed by atoms with Crippen LogP contribution in [0.25, 0.3) is 0 Å². The average Bonchev–Trinajstić information content (AvgIpc) is 2.34. The van der Waals surface area contributed by atoms with Gasteiger partial charge in [-0.05, 0) is 19.4 Å². The van der Waals surface area contributed by atoms with E-state index in [1.165, 1.54) is 31.4 Å². The van der Waals surface area contributed by atoms with Crippen LogP contribution in [0.1, 0.15) is 46.0 Å². The molecule has 0 saturated carbocycles. The van der Waals surface area contributed by atoms with Gasteiger partial charge < -0.3 is 5.32 Å². The second-order valence-electron chi connectivity index (χ2n) is 4.82. The zero-order valence-corrected chi connectivity index (χ0v) is 11.5. The highest BCUT2D eigenvalue weighted by atomic mass is 19.1. The largest absolute Gasteiger partial charge is 0.383 e. The van der Waals surface area contributed by atoms with Crippen LogP contribution < -0.4 is 5.32 Å². The molecule has 0 fully saturated rings. The van der Waals surface area contributed by atoms with Crippen molar-refractivity contribution in [2.75, 3.05) is 5.32 Å². The van der Waals surface area contributed by atoms with Gasteiger partial charge >= 0.3 is 5.69 Å². The molecule has 106 valence electrons. The molecule has 0 saturated heterocycles. The summed E-state index contributed by atoms with van der Waals surface area (Å²) >= 11 is 0. The van der Waals surface area contributed by atoms with Crippen molar-refractivity contribution in [1.82, 2.24) is 0 Å². The van der Waals surface area contributed by atoms with Gasteiger partial charge in [-0.2, -0.15) is 4.39 Å². The van der Waals surface area contributed by atoms with E-state index in [0.717, 1.165) is 12.8 Å². The predicted octanol–water partition coefficient (Wildman–Crippen LogP) is 4.50. The van der Waals surface area contributed by atoms with E-state index in [4.69, 9.17) is 0 Å². The number of unbranched alkanes of at least 4 members (excludes halogenated alkanes) is 3. The van der Waals surface area contributed by atoms with Gasteiger partial charge in [0.2, 0.25) is 5.82 Å². The van der Waals surface area contributed by atoms with Crippen LogP contribution in [0.5, 0.6) is 0 Å². The number of nitro benzene ring substituents is 1. The zero-order chi connectivity index (χ0) is 14.3. The number of benzene rings is 1. The Labute approximate surface area is 113 Å². The number of hydrogen-bond donors (Lipinski definition) is 1. The third-order valence-electron chi connectivity index (χ3n) is 3.05. The van der Waals surface area contributed by atoms with Gasteiger partial charge in [-0.3, -0.25) is 10.1 Å². The van der Waals surface area contributed by atoms with Crippen molar-refractivity contribution in [3.8, 4) is 0 Å². The van der Waals surface area contributed by atoms with E-state index in [9.17, 15) is 14.5 Å². The average molecular weight is 268 g/mol. The fourth-order valence-corrected chi connectivity index (χ4v) is 1.98. The lowest BCUT2D eigenvalue weighted by molar-refractivity contribution is -0.387. The Kier molecular flexibility index (Phi) is 6.25. The first kappa shape index (κ1) is 15.4. The molecule has 19 heavy (non-hydrogen) atoms. The molecule has 0 aliphatic heterocycles. The number of nitrogens with zero attached hydrogens (tertiary/aromatic N) is 1. The van der Waals surface area contributed by atoms with E-state index < -0.39 is 16.4 Å². The highest BCUT2D eigenvalue weighted by Crippen LogP contribution is 2.21. The van der Waals surface area contributed by atoms with Crippen molar-refractivity contribution in [3.63, 3.8) is 0 Å². The van der Waals surface area contributed by atoms with Crippen LogP contribution in [0.2, 0.25) is 0 Å². The topological polar surface area (TPSA) is 55.2 Å². The SMILES string of the molecule is CCCCCCC(C)Nc1ccc([N+](=O)[O-])c(F)c1. The first-order valence-corrected chi connectivity index (χ1v) is 6.75. The Morgan fingerprint density at radius 2 is 2.11 bits per heavy atom. The Hall–Kier alpha value is -1.65. The molecule has 1 aromatic carbocycles. The van der Waals surface area contributed by atoms with E-state index in [-0.39, 0.29) is 6.04 Å². The molecule has 1 atom stereocenters. The quantitative estimate of drug-likeness (QED) is 0.429. The number of rotatable bonds is 8. The van der Waals surface area contributed by atoms with E-state index in [1.54, 1.807) is 6.07 Å². The molecule has 0 radical (unpaired) electrons. The molecule has 5 heteroatoms. The number of nitro groups is 1. The van der Waals surface area contributed by atoms with Gasteiger partial charge in [0.05, 0.1) is 4.92 Å². The number of nitrogens with one attached hydrogen (secondary N) is 1. The van der Waals surface area contributed by atoms with Gasteiger partial charge in [0.1, 0.15) is 0 Å². The van der Waals surface area contributed by atoms with Crippen molar-refractivity contribution in [2.24, 2.45) is 0 Å². The first-order valence-electron chi connectivity index (χ1n) is 6.75. The van der Waals surface area contributed by atoms with Crippen LogP contribution in [0.3, 0.4) is 0 Å². The Bertz CT molecular complexity index is 424. The van der Waals surface area contributed by atoms with Gasteiger partial charge in [0.25, 0.3) is 0 Å². The summed E-state index contributed by atoms with van der Waals surface area (Å²) in [7, 11) is 0. The van der Waals surface area contributed by atoms with Crippen LogP contribution in [0.4, 0.5) is 15.8 Å². The molecule has 4 nitrogen and oxygen atoms in total. The Morgan fingerprint density at radius 1 is 1.37 bits per heavy atom. The Balaban J connectivity index is 2.48.